The fourth-order valence-corrected chi connectivity index (χ4v) is 3.60. The van der Waals surface area contributed by atoms with Crippen LogP contribution in [0.15, 0.2) is 0 Å². The van der Waals surface area contributed by atoms with Gasteiger partial charge in [-0.2, -0.15) is 0 Å². The van der Waals surface area contributed by atoms with E-state index in [0.717, 1.165) is 24.7 Å². The van der Waals surface area contributed by atoms with E-state index in [2.05, 4.69) is 19.9 Å². The van der Waals surface area contributed by atoms with Gasteiger partial charge in [0.15, 0.2) is 0 Å². The molecule has 112 valence electrons. The molecule has 5 heteroatoms. The van der Waals surface area contributed by atoms with Crippen molar-refractivity contribution >= 4 is 0 Å². The molecule has 1 aliphatic heterocycles. The number of aryl methyl sites for hydroxylation is 1. The first-order chi connectivity index (χ1) is 9.86. The summed E-state index contributed by atoms with van der Waals surface area (Å²) in [4.78, 5) is 2.61. The predicted octanol–water partition coefficient (Wildman–Crippen LogP) is 2.21. The van der Waals surface area contributed by atoms with Gasteiger partial charge in [0.05, 0.1) is 12.3 Å². The molecule has 1 aromatic rings. The van der Waals surface area contributed by atoms with Crippen LogP contribution in [0.25, 0.3) is 0 Å². The monoisotopic (exact) mass is 278 g/mol. The van der Waals surface area contributed by atoms with Crippen LogP contribution in [0, 0.1) is 5.92 Å². The van der Waals surface area contributed by atoms with E-state index >= 15 is 0 Å². The lowest BCUT2D eigenvalue weighted by Crippen LogP contribution is -2.30. The molecule has 2 aliphatic rings. The minimum absolute atomic E-state index is 0.576. The summed E-state index contributed by atoms with van der Waals surface area (Å²) >= 11 is 0. The van der Waals surface area contributed by atoms with Crippen molar-refractivity contribution in [3.8, 4) is 0 Å². The van der Waals surface area contributed by atoms with Crippen LogP contribution in [0.5, 0.6) is 0 Å². The normalized spacial score (nSPS) is 21.6. The Hall–Kier alpha value is -0.940. The first-order valence-corrected chi connectivity index (χ1v) is 7.99. The van der Waals surface area contributed by atoms with Gasteiger partial charge in [-0.3, -0.25) is 4.90 Å². The van der Waals surface area contributed by atoms with Gasteiger partial charge >= 0.3 is 0 Å². The second kappa shape index (κ2) is 6.68. The molecule has 1 saturated carbocycles. The van der Waals surface area contributed by atoms with Crippen LogP contribution < -0.4 is 0 Å². The van der Waals surface area contributed by atoms with Gasteiger partial charge in [-0.15, -0.1) is 5.10 Å². The van der Waals surface area contributed by atoms with E-state index < -0.39 is 0 Å². The average Bonchev–Trinajstić information content (AvgIpc) is 2.72. The van der Waals surface area contributed by atoms with Crippen LogP contribution in [0.2, 0.25) is 0 Å². The van der Waals surface area contributed by atoms with Gasteiger partial charge < -0.3 is 4.74 Å². The SMILES string of the molecule is COCc1nnn2c1CN(CC1CCCCC1)CCC2. The smallest absolute Gasteiger partial charge is 0.113 e. The second-order valence-electron chi connectivity index (χ2n) is 6.23. The maximum atomic E-state index is 5.24. The van der Waals surface area contributed by atoms with Crippen LogP contribution in [0.1, 0.15) is 49.9 Å². The van der Waals surface area contributed by atoms with Gasteiger partial charge in [0, 0.05) is 33.3 Å². The minimum Gasteiger partial charge on any atom is -0.378 e. The Bertz CT molecular complexity index is 426. The van der Waals surface area contributed by atoms with E-state index in [1.54, 1.807) is 7.11 Å². The lowest BCUT2D eigenvalue weighted by atomic mass is 9.89. The summed E-state index contributed by atoms with van der Waals surface area (Å²) in [6.45, 7) is 4.99. The van der Waals surface area contributed by atoms with Crippen molar-refractivity contribution < 1.29 is 4.74 Å². The Morgan fingerprint density at radius 2 is 2.00 bits per heavy atom. The number of fused-ring (bicyclic) bond motifs is 1. The Morgan fingerprint density at radius 1 is 1.15 bits per heavy atom. The summed E-state index contributed by atoms with van der Waals surface area (Å²) in [6.07, 6.45) is 8.29. The molecule has 5 nitrogen and oxygen atoms in total. The predicted molar refractivity (Wildman–Crippen MR) is 77.2 cm³/mol. The first kappa shape index (κ1) is 14.0. The molecule has 0 bridgehead atoms. The number of methoxy groups -OCH3 is 1. The van der Waals surface area contributed by atoms with Gasteiger partial charge in [0.25, 0.3) is 0 Å². The number of hydrogen-bond acceptors (Lipinski definition) is 4. The molecule has 0 spiro atoms. The van der Waals surface area contributed by atoms with Gasteiger partial charge in [0.1, 0.15) is 5.69 Å². The molecule has 0 saturated heterocycles. The molecule has 0 unspecified atom stereocenters. The molecule has 3 rings (SSSR count). The molecule has 0 aromatic carbocycles. The van der Waals surface area contributed by atoms with Crippen molar-refractivity contribution in [1.29, 1.82) is 0 Å². The zero-order valence-electron chi connectivity index (χ0n) is 12.6. The van der Waals surface area contributed by atoms with E-state index in [1.807, 2.05) is 0 Å². The van der Waals surface area contributed by atoms with Crippen molar-refractivity contribution in [3.05, 3.63) is 11.4 Å². The van der Waals surface area contributed by atoms with Crippen LogP contribution >= 0.6 is 0 Å². The van der Waals surface area contributed by atoms with Crippen molar-refractivity contribution in [1.82, 2.24) is 19.9 Å². The van der Waals surface area contributed by atoms with Crippen LogP contribution in [0.3, 0.4) is 0 Å². The van der Waals surface area contributed by atoms with Gasteiger partial charge in [-0.25, -0.2) is 4.68 Å². The fraction of sp³-hybridized carbons (Fsp3) is 0.867. The highest BCUT2D eigenvalue weighted by Gasteiger charge is 2.23. The summed E-state index contributed by atoms with van der Waals surface area (Å²) in [7, 11) is 1.72. The first-order valence-electron chi connectivity index (χ1n) is 7.99. The molecule has 0 radical (unpaired) electrons. The molecule has 0 N–H and O–H groups in total. The molecule has 1 fully saturated rings. The Balaban J connectivity index is 1.66. The summed E-state index contributed by atoms with van der Waals surface area (Å²) in [5.74, 6) is 0.900. The third kappa shape index (κ3) is 3.20. The quantitative estimate of drug-likeness (QED) is 0.847. The fourth-order valence-electron chi connectivity index (χ4n) is 3.60. The van der Waals surface area contributed by atoms with Crippen LogP contribution in [-0.2, 0) is 24.4 Å². The molecular weight excluding hydrogens is 252 g/mol. The van der Waals surface area contributed by atoms with Gasteiger partial charge in [0.2, 0.25) is 0 Å². The number of aromatic nitrogens is 3. The molecule has 0 amide bonds. The summed E-state index contributed by atoms with van der Waals surface area (Å²) in [5, 5.41) is 8.55. The van der Waals surface area contributed by atoms with Crippen LogP contribution in [0.4, 0.5) is 0 Å². The van der Waals surface area contributed by atoms with E-state index in [9.17, 15) is 0 Å². The molecule has 2 heterocycles. The molecule has 20 heavy (non-hydrogen) atoms. The lowest BCUT2D eigenvalue weighted by molar-refractivity contribution is 0.174. The number of ether oxygens (including phenoxy) is 1. The molecule has 0 atom stereocenters. The zero-order chi connectivity index (χ0) is 13.8. The highest BCUT2D eigenvalue weighted by Crippen LogP contribution is 2.26. The average molecular weight is 278 g/mol. The van der Waals surface area contributed by atoms with Gasteiger partial charge in [-0.1, -0.05) is 24.5 Å². The van der Waals surface area contributed by atoms with Crippen molar-refractivity contribution in [2.24, 2.45) is 5.92 Å². The summed E-state index contributed by atoms with van der Waals surface area (Å²) < 4.78 is 7.32. The molecule has 1 aliphatic carbocycles. The number of nitrogens with zero attached hydrogens (tertiary/aromatic N) is 4. The van der Waals surface area contributed by atoms with Crippen LogP contribution in [-0.4, -0.2) is 40.1 Å². The van der Waals surface area contributed by atoms with Crippen molar-refractivity contribution in [2.75, 3.05) is 20.2 Å². The van der Waals surface area contributed by atoms with E-state index in [4.69, 9.17) is 4.74 Å². The number of rotatable bonds is 4. The Kier molecular flexibility index (Phi) is 4.68. The topological polar surface area (TPSA) is 43.2 Å². The van der Waals surface area contributed by atoms with E-state index in [1.165, 1.54) is 57.3 Å². The summed E-state index contributed by atoms with van der Waals surface area (Å²) in [5.41, 5.74) is 2.28. The maximum Gasteiger partial charge on any atom is 0.113 e. The molecule has 1 aromatic heterocycles. The van der Waals surface area contributed by atoms with Crippen molar-refractivity contribution in [3.63, 3.8) is 0 Å². The standard InChI is InChI=1S/C15H26N4O/c1-20-12-14-15-11-18(8-5-9-19(15)17-16-14)10-13-6-3-2-4-7-13/h13H,2-12H2,1H3. The van der Waals surface area contributed by atoms with E-state index in [-0.39, 0.29) is 0 Å². The zero-order valence-corrected chi connectivity index (χ0v) is 12.6. The largest absolute Gasteiger partial charge is 0.378 e. The third-order valence-corrected chi connectivity index (χ3v) is 4.66. The van der Waals surface area contributed by atoms with Crippen molar-refractivity contribution in [2.45, 2.75) is 58.2 Å². The Morgan fingerprint density at radius 3 is 2.80 bits per heavy atom. The minimum atomic E-state index is 0.576. The lowest BCUT2D eigenvalue weighted by Gasteiger charge is -2.28. The molecular formula is C15H26N4O. The highest BCUT2D eigenvalue weighted by atomic mass is 16.5. The second-order valence-corrected chi connectivity index (χ2v) is 6.23. The highest BCUT2D eigenvalue weighted by molar-refractivity contribution is 5.10. The Labute approximate surface area is 121 Å². The maximum absolute atomic E-state index is 5.24. The van der Waals surface area contributed by atoms with Gasteiger partial charge in [-0.05, 0) is 25.2 Å². The summed E-state index contributed by atoms with van der Waals surface area (Å²) in [6, 6.07) is 0. The van der Waals surface area contributed by atoms with E-state index in [0.29, 0.717) is 6.61 Å². The third-order valence-electron chi connectivity index (χ3n) is 4.66. The number of hydrogen-bond donors (Lipinski definition) is 0.